The van der Waals surface area contributed by atoms with E-state index < -0.39 is 5.41 Å². The lowest BCUT2D eigenvalue weighted by atomic mass is 9.88. The zero-order valence-electron chi connectivity index (χ0n) is 11.2. The third-order valence-electron chi connectivity index (χ3n) is 3.20. The lowest BCUT2D eigenvalue weighted by Gasteiger charge is -2.26. The van der Waals surface area contributed by atoms with Gasteiger partial charge in [-0.3, -0.25) is 9.78 Å². The average Bonchev–Trinajstić information content (AvgIpc) is 2.44. The summed E-state index contributed by atoms with van der Waals surface area (Å²) in [4.78, 5) is 18.0. The number of hydrogen-bond donors (Lipinski definition) is 0. The number of rotatable bonds is 5. The maximum absolute atomic E-state index is 12.1. The molecule has 1 amide bonds. The Kier molecular flexibility index (Phi) is 4.85. The molecule has 1 rings (SSSR count). The van der Waals surface area contributed by atoms with E-state index in [-0.39, 0.29) is 5.91 Å². The van der Waals surface area contributed by atoms with Gasteiger partial charge < -0.3 is 4.90 Å². The lowest BCUT2D eigenvalue weighted by molar-refractivity contribution is -0.137. The summed E-state index contributed by atoms with van der Waals surface area (Å²) in [5.74, 6) is -0.122. The zero-order chi connectivity index (χ0) is 13.6. The number of nitriles is 1. The standard InChI is InChI=1S/C14H19N3O/c1-4-14(2,11-15)13(18)17(3)10-8-12-7-5-6-9-16-12/h5-7,9H,4,8,10H2,1-3H3. The first kappa shape index (κ1) is 14.2. The van der Waals surface area contributed by atoms with E-state index in [0.29, 0.717) is 19.4 Å². The molecule has 1 atom stereocenters. The van der Waals surface area contributed by atoms with Gasteiger partial charge in [0.2, 0.25) is 5.91 Å². The van der Waals surface area contributed by atoms with Gasteiger partial charge in [0, 0.05) is 31.9 Å². The van der Waals surface area contributed by atoms with Crippen LogP contribution in [0, 0.1) is 16.7 Å². The van der Waals surface area contributed by atoms with Crippen LogP contribution in [0.5, 0.6) is 0 Å². The Labute approximate surface area is 108 Å². The summed E-state index contributed by atoms with van der Waals surface area (Å²) in [5.41, 5.74) is 0.0334. The molecule has 0 saturated heterocycles. The summed E-state index contributed by atoms with van der Waals surface area (Å²) in [5, 5.41) is 9.08. The topological polar surface area (TPSA) is 57.0 Å². The number of carbonyl (C=O) groups is 1. The normalized spacial score (nSPS) is 13.4. The van der Waals surface area contributed by atoms with Crippen LogP contribution in [0.2, 0.25) is 0 Å². The van der Waals surface area contributed by atoms with Crippen molar-refractivity contribution >= 4 is 5.91 Å². The first-order valence-corrected chi connectivity index (χ1v) is 6.10. The highest BCUT2D eigenvalue weighted by Crippen LogP contribution is 2.22. The molecule has 0 fully saturated rings. The van der Waals surface area contributed by atoms with Gasteiger partial charge in [0.15, 0.2) is 0 Å². The number of pyridine rings is 1. The fourth-order valence-electron chi connectivity index (χ4n) is 1.63. The van der Waals surface area contributed by atoms with Gasteiger partial charge in [0.1, 0.15) is 5.41 Å². The molecule has 0 spiro atoms. The molecule has 0 bridgehead atoms. The van der Waals surface area contributed by atoms with E-state index in [1.54, 1.807) is 25.1 Å². The molecule has 1 aromatic rings. The summed E-state index contributed by atoms with van der Waals surface area (Å²) in [7, 11) is 1.73. The Morgan fingerprint density at radius 1 is 1.56 bits per heavy atom. The zero-order valence-corrected chi connectivity index (χ0v) is 11.2. The molecule has 0 aromatic carbocycles. The van der Waals surface area contributed by atoms with Gasteiger partial charge in [0.05, 0.1) is 6.07 Å². The van der Waals surface area contributed by atoms with Gasteiger partial charge in [-0.05, 0) is 25.5 Å². The molecule has 96 valence electrons. The van der Waals surface area contributed by atoms with E-state index in [1.807, 2.05) is 25.1 Å². The van der Waals surface area contributed by atoms with Gasteiger partial charge >= 0.3 is 0 Å². The fourth-order valence-corrected chi connectivity index (χ4v) is 1.63. The van der Waals surface area contributed by atoms with E-state index in [0.717, 1.165) is 5.69 Å². The van der Waals surface area contributed by atoms with E-state index in [2.05, 4.69) is 11.1 Å². The number of aromatic nitrogens is 1. The maximum atomic E-state index is 12.1. The summed E-state index contributed by atoms with van der Waals surface area (Å²) >= 11 is 0. The minimum absolute atomic E-state index is 0.122. The van der Waals surface area contributed by atoms with Crippen LogP contribution in [0.4, 0.5) is 0 Å². The molecule has 0 saturated carbocycles. The van der Waals surface area contributed by atoms with Crippen molar-refractivity contribution in [2.75, 3.05) is 13.6 Å². The van der Waals surface area contributed by atoms with Crippen molar-refractivity contribution in [2.45, 2.75) is 26.7 Å². The van der Waals surface area contributed by atoms with Crippen LogP contribution < -0.4 is 0 Å². The van der Waals surface area contributed by atoms with Crippen molar-refractivity contribution < 1.29 is 4.79 Å². The smallest absolute Gasteiger partial charge is 0.242 e. The van der Waals surface area contributed by atoms with Crippen molar-refractivity contribution in [2.24, 2.45) is 5.41 Å². The molecule has 0 aliphatic rings. The summed E-state index contributed by atoms with van der Waals surface area (Å²) in [6.07, 6.45) is 2.97. The summed E-state index contributed by atoms with van der Waals surface area (Å²) in [6.45, 7) is 4.12. The first-order chi connectivity index (χ1) is 8.53. The molecule has 0 radical (unpaired) electrons. The fraction of sp³-hybridized carbons (Fsp3) is 0.500. The molecule has 0 aliphatic carbocycles. The Morgan fingerprint density at radius 2 is 2.28 bits per heavy atom. The van der Waals surface area contributed by atoms with Crippen LogP contribution in [0.1, 0.15) is 26.0 Å². The maximum Gasteiger partial charge on any atom is 0.242 e. The third-order valence-corrected chi connectivity index (χ3v) is 3.20. The minimum atomic E-state index is -0.918. The highest BCUT2D eigenvalue weighted by Gasteiger charge is 2.33. The predicted molar refractivity (Wildman–Crippen MR) is 69.6 cm³/mol. The van der Waals surface area contributed by atoms with Crippen LogP contribution in [0.25, 0.3) is 0 Å². The van der Waals surface area contributed by atoms with Gasteiger partial charge in [-0.25, -0.2) is 0 Å². The number of amides is 1. The van der Waals surface area contributed by atoms with E-state index in [9.17, 15) is 4.79 Å². The molecule has 0 N–H and O–H groups in total. The van der Waals surface area contributed by atoms with Crippen LogP contribution in [-0.2, 0) is 11.2 Å². The first-order valence-electron chi connectivity index (χ1n) is 6.10. The molecule has 1 aromatic heterocycles. The Morgan fingerprint density at radius 3 is 2.78 bits per heavy atom. The predicted octanol–water partition coefficient (Wildman–Crippen LogP) is 2.02. The second-order valence-corrected chi connectivity index (χ2v) is 4.60. The average molecular weight is 245 g/mol. The molecular weight excluding hydrogens is 226 g/mol. The van der Waals surface area contributed by atoms with E-state index in [4.69, 9.17) is 5.26 Å². The molecule has 18 heavy (non-hydrogen) atoms. The SMILES string of the molecule is CCC(C)(C#N)C(=O)N(C)CCc1ccccn1. The van der Waals surface area contributed by atoms with E-state index >= 15 is 0 Å². The number of likely N-dealkylation sites (N-methyl/N-ethyl adjacent to an activating group) is 1. The Hall–Kier alpha value is -1.89. The number of hydrogen-bond acceptors (Lipinski definition) is 3. The van der Waals surface area contributed by atoms with Crippen molar-refractivity contribution in [1.29, 1.82) is 5.26 Å². The second kappa shape index (κ2) is 6.15. The third kappa shape index (κ3) is 3.30. The summed E-state index contributed by atoms with van der Waals surface area (Å²) in [6, 6.07) is 7.82. The van der Waals surface area contributed by atoms with Crippen LogP contribution >= 0.6 is 0 Å². The Bertz CT molecular complexity index is 438. The van der Waals surface area contributed by atoms with Gasteiger partial charge in [-0.15, -0.1) is 0 Å². The van der Waals surface area contributed by atoms with Crippen LogP contribution in [0.15, 0.2) is 24.4 Å². The van der Waals surface area contributed by atoms with Gasteiger partial charge in [-0.2, -0.15) is 5.26 Å². The lowest BCUT2D eigenvalue weighted by Crippen LogP contribution is -2.40. The van der Waals surface area contributed by atoms with E-state index in [1.165, 1.54) is 0 Å². The van der Waals surface area contributed by atoms with Crippen molar-refractivity contribution in [3.05, 3.63) is 30.1 Å². The monoisotopic (exact) mass is 245 g/mol. The quantitative estimate of drug-likeness (QED) is 0.797. The molecule has 1 unspecified atom stereocenters. The van der Waals surface area contributed by atoms with Crippen LogP contribution in [-0.4, -0.2) is 29.4 Å². The largest absolute Gasteiger partial charge is 0.344 e. The van der Waals surface area contributed by atoms with Crippen molar-refractivity contribution in [3.63, 3.8) is 0 Å². The molecule has 0 aliphatic heterocycles. The molecular formula is C14H19N3O. The molecule has 1 heterocycles. The Balaban J connectivity index is 2.59. The molecule has 4 heteroatoms. The van der Waals surface area contributed by atoms with Gasteiger partial charge in [0.25, 0.3) is 0 Å². The molecule has 4 nitrogen and oxygen atoms in total. The highest BCUT2D eigenvalue weighted by atomic mass is 16.2. The summed E-state index contributed by atoms with van der Waals surface area (Å²) < 4.78 is 0. The van der Waals surface area contributed by atoms with Gasteiger partial charge in [-0.1, -0.05) is 13.0 Å². The minimum Gasteiger partial charge on any atom is -0.344 e. The number of carbonyl (C=O) groups excluding carboxylic acids is 1. The van der Waals surface area contributed by atoms with Crippen molar-refractivity contribution in [3.8, 4) is 6.07 Å². The second-order valence-electron chi connectivity index (χ2n) is 4.60. The number of nitrogens with zero attached hydrogens (tertiary/aromatic N) is 3. The highest BCUT2D eigenvalue weighted by molar-refractivity contribution is 5.84. The van der Waals surface area contributed by atoms with Crippen molar-refractivity contribution in [1.82, 2.24) is 9.88 Å². The van der Waals surface area contributed by atoms with Crippen LogP contribution in [0.3, 0.4) is 0 Å².